The predicted octanol–water partition coefficient (Wildman–Crippen LogP) is 5.14. The van der Waals surface area contributed by atoms with Crippen molar-refractivity contribution in [3.05, 3.63) is 60.7 Å². The van der Waals surface area contributed by atoms with Gasteiger partial charge in [0.1, 0.15) is 29.9 Å². The molecule has 0 bridgehead atoms. The summed E-state index contributed by atoms with van der Waals surface area (Å²) in [5, 5.41) is 20.0. The SMILES string of the molecule is COc1cc(N2CCN(C)CC2)c(/C(C=N)=C/NC2CC2)cc1Nc1nc(Nc2ccc3nccnc3c2P(C)(C)=O)c2cc[nH]c2n1. The summed E-state index contributed by atoms with van der Waals surface area (Å²) < 4.78 is 19.5. The average molecular weight is 666 g/mol. The third-order valence-electron chi connectivity index (χ3n) is 8.75. The minimum absolute atomic E-state index is 0.332. The van der Waals surface area contributed by atoms with E-state index in [2.05, 4.69) is 47.7 Å². The molecule has 0 amide bonds. The normalized spacial score (nSPS) is 15.9. The molecule has 2 fully saturated rings. The number of allylic oxidation sites excluding steroid dienone is 1. The largest absolute Gasteiger partial charge is 0.494 e. The molecule has 0 atom stereocenters. The zero-order valence-electron chi connectivity index (χ0n) is 27.5. The summed E-state index contributed by atoms with van der Waals surface area (Å²) in [5.74, 6) is 1.49. The van der Waals surface area contributed by atoms with Crippen molar-refractivity contribution in [3.8, 4) is 5.75 Å². The molecule has 248 valence electrons. The Labute approximate surface area is 279 Å². The third kappa shape index (κ3) is 6.43. The summed E-state index contributed by atoms with van der Waals surface area (Å²) in [6, 6.07) is 10.1. The minimum atomic E-state index is -2.79. The second kappa shape index (κ2) is 12.9. The number of rotatable bonds is 11. The Morgan fingerprint density at radius 2 is 1.83 bits per heavy atom. The van der Waals surface area contributed by atoms with Crippen LogP contribution in [0.3, 0.4) is 0 Å². The van der Waals surface area contributed by atoms with Gasteiger partial charge >= 0.3 is 0 Å². The van der Waals surface area contributed by atoms with Crippen LogP contribution in [0.5, 0.6) is 5.75 Å². The first-order chi connectivity index (χ1) is 23.2. The van der Waals surface area contributed by atoms with Crippen molar-refractivity contribution in [3.63, 3.8) is 0 Å². The molecular weight excluding hydrogens is 625 g/mol. The van der Waals surface area contributed by atoms with Crippen LogP contribution >= 0.6 is 7.14 Å². The first-order valence-electron chi connectivity index (χ1n) is 16.0. The van der Waals surface area contributed by atoms with Crippen LogP contribution in [0.1, 0.15) is 18.4 Å². The van der Waals surface area contributed by atoms with Crippen LogP contribution in [0.4, 0.5) is 28.8 Å². The highest BCUT2D eigenvalue weighted by Gasteiger charge is 2.25. The number of fused-ring (bicyclic) bond motifs is 2. The van der Waals surface area contributed by atoms with Crippen LogP contribution in [0.15, 0.2) is 55.1 Å². The number of hydrogen-bond donors (Lipinski definition) is 5. The van der Waals surface area contributed by atoms with Gasteiger partial charge in [-0.05, 0) is 57.5 Å². The lowest BCUT2D eigenvalue weighted by Gasteiger charge is -2.35. The van der Waals surface area contributed by atoms with Crippen molar-refractivity contribution >= 4 is 75.1 Å². The molecule has 2 aliphatic rings. The average Bonchev–Trinajstić information content (AvgIpc) is 3.78. The van der Waals surface area contributed by atoms with Crippen LogP contribution in [-0.2, 0) is 4.57 Å². The lowest BCUT2D eigenvalue weighted by Crippen LogP contribution is -2.44. The Bertz CT molecular complexity index is 2080. The van der Waals surface area contributed by atoms with Gasteiger partial charge in [-0.25, -0.2) is 0 Å². The van der Waals surface area contributed by atoms with Gasteiger partial charge in [0.15, 0.2) is 0 Å². The summed E-state index contributed by atoms with van der Waals surface area (Å²) in [6.45, 7) is 7.09. The first-order valence-corrected chi connectivity index (χ1v) is 18.6. The zero-order valence-corrected chi connectivity index (χ0v) is 28.4. The number of nitrogens with zero attached hydrogens (tertiary/aromatic N) is 6. The maximum atomic E-state index is 13.6. The minimum Gasteiger partial charge on any atom is -0.494 e. The number of piperazine rings is 1. The Kier molecular flexibility index (Phi) is 8.49. The van der Waals surface area contributed by atoms with Gasteiger partial charge in [0.2, 0.25) is 5.95 Å². The zero-order chi connectivity index (χ0) is 33.4. The molecule has 4 heterocycles. The Balaban J connectivity index is 1.30. The number of anilines is 5. The molecule has 0 unspecified atom stereocenters. The Morgan fingerprint density at radius 1 is 1.04 bits per heavy atom. The smallest absolute Gasteiger partial charge is 0.231 e. The lowest BCUT2D eigenvalue weighted by atomic mass is 10.0. The maximum absolute atomic E-state index is 13.6. The van der Waals surface area contributed by atoms with Gasteiger partial charge in [0.25, 0.3) is 0 Å². The summed E-state index contributed by atoms with van der Waals surface area (Å²) in [5.41, 5.74) is 5.89. The van der Waals surface area contributed by atoms with Crippen molar-refractivity contribution in [2.75, 3.05) is 69.2 Å². The van der Waals surface area contributed by atoms with Gasteiger partial charge in [-0.15, -0.1) is 0 Å². The number of aromatic amines is 1. The molecule has 1 saturated carbocycles. The van der Waals surface area contributed by atoms with E-state index in [1.807, 2.05) is 42.7 Å². The summed E-state index contributed by atoms with van der Waals surface area (Å²) in [7, 11) is 0.993. The van der Waals surface area contributed by atoms with Crippen LogP contribution in [0, 0.1) is 5.41 Å². The highest BCUT2D eigenvalue weighted by molar-refractivity contribution is 7.71. The summed E-state index contributed by atoms with van der Waals surface area (Å²) in [6.07, 6.45) is 10.7. The van der Waals surface area contributed by atoms with Crippen molar-refractivity contribution in [1.82, 2.24) is 35.1 Å². The Hall–Kier alpha value is -5.00. The number of ether oxygens (including phenoxy) is 1. The van der Waals surface area contributed by atoms with Gasteiger partial charge in [-0.1, -0.05) is 0 Å². The van der Waals surface area contributed by atoms with Gasteiger partial charge in [-0.2, -0.15) is 9.97 Å². The van der Waals surface area contributed by atoms with E-state index in [-0.39, 0.29) is 0 Å². The van der Waals surface area contributed by atoms with E-state index in [0.717, 1.165) is 61.2 Å². The molecular formula is C34H40N11O2P. The van der Waals surface area contributed by atoms with Crippen LogP contribution in [-0.4, -0.2) is 95.7 Å². The quantitative estimate of drug-likeness (QED) is 0.0939. The molecule has 0 spiro atoms. The summed E-state index contributed by atoms with van der Waals surface area (Å²) in [4.78, 5) is 26.5. The van der Waals surface area contributed by atoms with E-state index in [9.17, 15) is 4.57 Å². The van der Waals surface area contributed by atoms with Crippen molar-refractivity contribution in [1.29, 1.82) is 5.41 Å². The number of methoxy groups -OCH3 is 1. The maximum Gasteiger partial charge on any atom is 0.231 e. The number of hydrogen-bond acceptors (Lipinski definition) is 12. The summed E-state index contributed by atoms with van der Waals surface area (Å²) >= 11 is 0. The van der Waals surface area contributed by atoms with Crippen LogP contribution in [0.25, 0.3) is 27.6 Å². The fourth-order valence-electron chi connectivity index (χ4n) is 6.04. The monoisotopic (exact) mass is 665 g/mol. The molecule has 2 aromatic carbocycles. The van der Waals surface area contributed by atoms with E-state index in [0.29, 0.717) is 56.9 Å². The second-order valence-electron chi connectivity index (χ2n) is 12.7. The van der Waals surface area contributed by atoms with Crippen molar-refractivity contribution in [2.24, 2.45) is 0 Å². The molecule has 1 aliphatic carbocycles. The van der Waals surface area contributed by atoms with Crippen LogP contribution in [0.2, 0.25) is 0 Å². The molecule has 5 aromatic rings. The van der Waals surface area contributed by atoms with Gasteiger partial charge in [0.05, 0.1) is 34.7 Å². The topological polar surface area (TPSA) is 160 Å². The van der Waals surface area contributed by atoms with E-state index < -0.39 is 7.14 Å². The standard InChI is InChI=1S/C34H40N11O2P/c1-44-13-15-45(16-14-44)28-18-29(47-2)27(17-24(28)21(19-35)20-39-22-5-6-22)41-34-42-32-23(9-10-38-32)33(43-34)40-26-8-7-25-30(37-12-11-36-25)31(26)48(3,4)46/h7-12,17-20,22,35,39H,5-6,13-16H2,1-4H3,(H3,38,40,41,42,43)/b21-20+,35-19?. The predicted molar refractivity (Wildman–Crippen MR) is 195 cm³/mol. The van der Waals surface area contributed by atoms with E-state index in [1.54, 1.807) is 32.8 Å². The van der Waals surface area contributed by atoms with E-state index in [1.165, 1.54) is 6.21 Å². The number of H-pyrrole nitrogens is 1. The van der Waals surface area contributed by atoms with Crippen LogP contribution < -0.4 is 30.9 Å². The van der Waals surface area contributed by atoms with Crippen molar-refractivity contribution < 1.29 is 9.30 Å². The van der Waals surface area contributed by atoms with Gasteiger partial charge in [0, 0.05) is 86.1 Å². The number of benzene rings is 2. The highest BCUT2D eigenvalue weighted by Crippen LogP contribution is 2.42. The first kappa shape index (κ1) is 31.6. The highest BCUT2D eigenvalue weighted by atomic mass is 31.2. The van der Waals surface area contributed by atoms with Crippen molar-refractivity contribution in [2.45, 2.75) is 18.9 Å². The Morgan fingerprint density at radius 3 is 2.56 bits per heavy atom. The van der Waals surface area contributed by atoms with Gasteiger partial charge in [-0.3, -0.25) is 9.97 Å². The lowest BCUT2D eigenvalue weighted by molar-refractivity contribution is 0.312. The molecule has 1 aliphatic heterocycles. The molecule has 0 radical (unpaired) electrons. The molecule has 3 aromatic heterocycles. The number of aromatic nitrogens is 5. The fraction of sp³-hybridized carbons (Fsp3) is 0.324. The second-order valence-corrected chi connectivity index (χ2v) is 15.8. The van der Waals surface area contributed by atoms with E-state index >= 15 is 0 Å². The number of likely N-dealkylation sites (N-methyl/N-ethyl adjacent to an activating group) is 1. The third-order valence-corrected chi connectivity index (χ3v) is 10.3. The van der Waals surface area contributed by atoms with E-state index in [4.69, 9.17) is 20.1 Å². The molecule has 5 N–H and O–H groups in total. The molecule has 13 nitrogen and oxygen atoms in total. The fourth-order valence-corrected chi connectivity index (χ4v) is 7.43. The molecule has 14 heteroatoms. The molecule has 48 heavy (non-hydrogen) atoms. The molecule has 1 saturated heterocycles. The van der Waals surface area contributed by atoms with Gasteiger partial charge < -0.3 is 45.4 Å². The number of nitrogens with one attached hydrogen (secondary N) is 5. The molecule has 7 rings (SSSR count).